The van der Waals surface area contributed by atoms with Crippen molar-refractivity contribution in [3.63, 3.8) is 0 Å². The van der Waals surface area contributed by atoms with Crippen molar-refractivity contribution in [2.75, 3.05) is 25.0 Å². The number of anilines is 2. The normalized spacial score (nSPS) is 15.0. The van der Waals surface area contributed by atoms with Crippen molar-refractivity contribution >= 4 is 17.7 Å². The minimum atomic E-state index is -0.729. The Hall–Kier alpha value is -4.98. The topological polar surface area (TPSA) is 118 Å². The standard InChI is InChI=1S/C32H34FN7O3/c1-22-15-35-30(38-29(22)24-11-12-28(27(33)14-24)43-21-32(2,3)20-34)37-25-16-36-40(17-25)26-10-7-13-39(18-26)31(41)42-19-23-8-5-4-6-9-23/h4-6,8-9,11-12,14-17,26H,7,10,13,18-19,21H2,1-3H3,(H,35,37,38). The van der Waals surface area contributed by atoms with E-state index in [2.05, 4.69) is 26.5 Å². The summed E-state index contributed by atoms with van der Waals surface area (Å²) in [6.45, 7) is 6.77. The number of nitrogens with one attached hydrogen (secondary N) is 1. The maximum absolute atomic E-state index is 14.9. The van der Waals surface area contributed by atoms with Gasteiger partial charge in [-0.25, -0.2) is 19.2 Å². The van der Waals surface area contributed by atoms with Gasteiger partial charge < -0.3 is 19.7 Å². The molecular weight excluding hydrogens is 549 g/mol. The van der Waals surface area contributed by atoms with Crippen LogP contribution in [0.1, 0.15) is 43.9 Å². The lowest BCUT2D eigenvalue weighted by molar-refractivity contribution is 0.0789. The van der Waals surface area contributed by atoms with Gasteiger partial charge in [0.15, 0.2) is 11.6 Å². The van der Waals surface area contributed by atoms with Gasteiger partial charge in [-0.1, -0.05) is 30.3 Å². The molecule has 1 atom stereocenters. The Bertz CT molecular complexity index is 1620. The van der Waals surface area contributed by atoms with Crippen LogP contribution in [0.4, 0.5) is 20.8 Å². The number of carbonyl (C=O) groups is 1. The largest absolute Gasteiger partial charge is 0.489 e. The highest BCUT2D eigenvalue weighted by Gasteiger charge is 2.26. The Balaban J connectivity index is 1.22. The van der Waals surface area contributed by atoms with Gasteiger partial charge in [-0.15, -0.1) is 0 Å². The molecule has 0 saturated carbocycles. The molecule has 11 heteroatoms. The number of rotatable bonds is 9. The number of aromatic nitrogens is 4. The van der Waals surface area contributed by atoms with Crippen LogP contribution in [-0.4, -0.2) is 50.4 Å². The number of hydrogen-bond donors (Lipinski definition) is 1. The number of likely N-dealkylation sites (tertiary alicyclic amines) is 1. The van der Waals surface area contributed by atoms with Crippen molar-refractivity contribution in [3.8, 4) is 23.1 Å². The van der Waals surface area contributed by atoms with Gasteiger partial charge in [0.1, 0.15) is 13.2 Å². The van der Waals surface area contributed by atoms with E-state index < -0.39 is 11.2 Å². The molecule has 1 amide bonds. The van der Waals surface area contributed by atoms with E-state index in [9.17, 15) is 14.4 Å². The number of carbonyl (C=O) groups excluding carboxylic acids is 1. The second kappa shape index (κ2) is 12.9. The second-order valence-corrected chi connectivity index (χ2v) is 11.3. The zero-order chi connectivity index (χ0) is 30.4. The van der Waals surface area contributed by atoms with E-state index in [0.29, 0.717) is 36.0 Å². The summed E-state index contributed by atoms with van der Waals surface area (Å²) in [6, 6.07) is 16.4. The maximum atomic E-state index is 14.9. The predicted molar refractivity (Wildman–Crippen MR) is 159 cm³/mol. The van der Waals surface area contributed by atoms with E-state index >= 15 is 0 Å². The van der Waals surface area contributed by atoms with E-state index in [4.69, 9.17) is 9.47 Å². The first-order valence-electron chi connectivity index (χ1n) is 14.2. The number of ether oxygens (including phenoxy) is 2. The van der Waals surface area contributed by atoms with Crippen LogP contribution >= 0.6 is 0 Å². The van der Waals surface area contributed by atoms with Crippen LogP contribution in [-0.2, 0) is 11.3 Å². The molecule has 43 heavy (non-hydrogen) atoms. The number of aryl methyl sites for hydroxylation is 1. The van der Waals surface area contributed by atoms with E-state index in [-0.39, 0.29) is 31.1 Å². The minimum Gasteiger partial charge on any atom is -0.489 e. The summed E-state index contributed by atoms with van der Waals surface area (Å²) in [7, 11) is 0. The number of nitrogens with zero attached hydrogens (tertiary/aromatic N) is 6. The van der Waals surface area contributed by atoms with E-state index in [1.54, 1.807) is 43.3 Å². The maximum Gasteiger partial charge on any atom is 0.410 e. The van der Waals surface area contributed by atoms with Crippen molar-refractivity contribution in [2.24, 2.45) is 5.41 Å². The molecule has 1 N–H and O–H groups in total. The van der Waals surface area contributed by atoms with Gasteiger partial charge in [0, 0.05) is 31.0 Å². The van der Waals surface area contributed by atoms with Crippen molar-refractivity contribution < 1.29 is 18.7 Å². The number of piperidine rings is 1. The Morgan fingerprint density at radius 2 is 2.02 bits per heavy atom. The molecule has 222 valence electrons. The summed E-state index contributed by atoms with van der Waals surface area (Å²) in [5, 5.41) is 16.9. The molecule has 1 aliphatic heterocycles. The van der Waals surface area contributed by atoms with Gasteiger partial charge in [-0.05, 0) is 62.9 Å². The third kappa shape index (κ3) is 7.46. The lowest BCUT2D eigenvalue weighted by Gasteiger charge is -2.32. The molecule has 0 spiro atoms. The van der Waals surface area contributed by atoms with Crippen molar-refractivity contribution in [2.45, 2.75) is 46.3 Å². The van der Waals surface area contributed by atoms with Crippen molar-refractivity contribution in [1.29, 1.82) is 5.26 Å². The lowest BCUT2D eigenvalue weighted by Crippen LogP contribution is -2.41. The first kappa shape index (κ1) is 29.5. The van der Waals surface area contributed by atoms with Gasteiger partial charge in [0.05, 0.1) is 35.1 Å². The molecule has 0 radical (unpaired) electrons. The molecule has 5 rings (SSSR count). The van der Waals surface area contributed by atoms with Crippen LogP contribution in [0.15, 0.2) is 67.1 Å². The molecular formula is C32H34FN7O3. The van der Waals surface area contributed by atoms with Gasteiger partial charge in [0.2, 0.25) is 5.95 Å². The summed E-state index contributed by atoms with van der Waals surface area (Å²) in [5.74, 6) is -0.118. The average molecular weight is 584 g/mol. The molecule has 1 aliphatic rings. The van der Waals surface area contributed by atoms with Gasteiger partial charge in [0.25, 0.3) is 0 Å². The van der Waals surface area contributed by atoms with Gasteiger partial charge in [-0.2, -0.15) is 10.4 Å². The molecule has 1 unspecified atom stereocenters. The smallest absolute Gasteiger partial charge is 0.410 e. The number of nitriles is 1. The first-order chi connectivity index (χ1) is 20.7. The van der Waals surface area contributed by atoms with Crippen LogP contribution in [0.5, 0.6) is 5.75 Å². The van der Waals surface area contributed by atoms with Crippen LogP contribution in [0.3, 0.4) is 0 Å². The molecule has 2 aromatic heterocycles. The summed E-state index contributed by atoms with van der Waals surface area (Å²) < 4.78 is 27.8. The van der Waals surface area contributed by atoms with E-state index in [1.807, 2.05) is 48.1 Å². The van der Waals surface area contributed by atoms with Gasteiger partial charge >= 0.3 is 6.09 Å². The number of benzene rings is 2. The summed E-state index contributed by atoms with van der Waals surface area (Å²) in [4.78, 5) is 23.4. The fourth-order valence-electron chi connectivity index (χ4n) is 4.73. The van der Waals surface area contributed by atoms with Crippen molar-refractivity contribution in [1.82, 2.24) is 24.6 Å². The average Bonchev–Trinajstić information content (AvgIpc) is 3.49. The summed E-state index contributed by atoms with van der Waals surface area (Å²) in [6.07, 6.45) is 6.61. The predicted octanol–water partition coefficient (Wildman–Crippen LogP) is 6.43. The Morgan fingerprint density at radius 1 is 1.21 bits per heavy atom. The van der Waals surface area contributed by atoms with Gasteiger partial charge in [-0.3, -0.25) is 4.68 Å². The molecule has 0 aliphatic carbocycles. The highest BCUT2D eigenvalue weighted by atomic mass is 19.1. The summed E-state index contributed by atoms with van der Waals surface area (Å²) in [5.41, 5.74) is 2.83. The molecule has 10 nitrogen and oxygen atoms in total. The quantitative estimate of drug-likeness (QED) is 0.239. The third-order valence-corrected chi connectivity index (χ3v) is 7.16. The first-order valence-corrected chi connectivity index (χ1v) is 14.2. The minimum absolute atomic E-state index is 0.00511. The molecule has 0 bridgehead atoms. The zero-order valence-electron chi connectivity index (χ0n) is 24.5. The fourth-order valence-corrected chi connectivity index (χ4v) is 4.73. The SMILES string of the molecule is Cc1cnc(Nc2cnn(C3CCCN(C(=O)OCc4ccccc4)C3)c2)nc1-c1ccc(OCC(C)(C)C#N)c(F)c1. The van der Waals surface area contributed by atoms with Crippen molar-refractivity contribution in [3.05, 3.63) is 84.1 Å². The van der Waals surface area contributed by atoms with E-state index in [1.165, 1.54) is 6.07 Å². The molecule has 4 aromatic rings. The number of hydrogen-bond acceptors (Lipinski definition) is 8. The second-order valence-electron chi connectivity index (χ2n) is 11.3. The van der Waals surface area contributed by atoms with Crippen LogP contribution in [0.2, 0.25) is 0 Å². The van der Waals surface area contributed by atoms with E-state index in [0.717, 1.165) is 24.0 Å². The Labute approximate surface area is 250 Å². The third-order valence-electron chi connectivity index (χ3n) is 7.16. The number of amides is 1. The monoisotopic (exact) mass is 583 g/mol. The molecule has 3 heterocycles. The van der Waals surface area contributed by atoms with Crippen LogP contribution < -0.4 is 10.1 Å². The summed E-state index contributed by atoms with van der Waals surface area (Å²) >= 11 is 0. The molecule has 2 aromatic carbocycles. The number of halogens is 1. The fraction of sp³-hybridized carbons (Fsp3) is 0.344. The Morgan fingerprint density at radius 3 is 2.79 bits per heavy atom. The molecule has 1 fully saturated rings. The lowest BCUT2D eigenvalue weighted by atomic mass is 9.98. The van der Waals surface area contributed by atoms with Crippen LogP contribution in [0.25, 0.3) is 11.3 Å². The zero-order valence-corrected chi connectivity index (χ0v) is 24.5. The van der Waals surface area contributed by atoms with Crippen LogP contribution in [0, 0.1) is 29.5 Å². The highest BCUT2D eigenvalue weighted by molar-refractivity contribution is 5.68. The highest BCUT2D eigenvalue weighted by Crippen LogP contribution is 2.29. The Kier molecular flexibility index (Phi) is 8.85. The molecule has 1 saturated heterocycles.